The van der Waals surface area contributed by atoms with Crippen LogP contribution >= 0.6 is 11.3 Å². The maximum absolute atomic E-state index is 13.2. The fourth-order valence-corrected chi connectivity index (χ4v) is 4.89. The van der Waals surface area contributed by atoms with Crippen LogP contribution in [0.2, 0.25) is 0 Å². The predicted octanol–water partition coefficient (Wildman–Crippen LogP) is 3.58. The molecule has 1 aromatic carbocycles. The van der Waals surface area contributed by atoms with Crippen molar-refractivity contribution in [2.24, 2.45) is 5.92 Å². The van der Waals surface area contributed by atoms with Gasteiger partial charge in [-0.05, 0) is 32.4 Å². The molecule has 4 N–H and O–H groups in total. The van der Waals surface area contributed by atoms with E-state index in [1.54, 1.807) is 6.92 Å². The Morgan fingerprint density at radius 2 is 1.87 bits per heavy atom. The first-order chi connectivity index (χ1) is 14.7. The SMILES string of the molecule is CCNc1nc(C)c(-c2nc3ccccc3s2)c(N[C@@H]2CC(C(F)(F)F)[C@@H](O)[C@H]2O)n1. The zero-order valence-electron chi connectivity index (χ0n) is 16.8. The van der Waals surface area contributed by atoms with Gasteiger partial charge in [-0.2, -0.15) is 18.2 Å². The van der Waals surface area contributed by atoms with E-state index in [2.05, 4.69) is 25.6 Å². The molecule has 11 heteroatoms. The Balaban J connectivity index is 1.75. The number of hydrogen-bond donors (Lipinski definition) is 4. The highest BCUT2D eigenvalue weighted by molar-refractivity contribution is 7.21. The third kappa shape index (κ3) is 4.17. The van der Waals surface area contributed by atoms with Crippen molar-refractivity contribution in [2.75, 3.05) is 17.2 Å². The van der Waals surface area contributed by atoms with Crippen molar-refractivity contribution in [2.45, 2.75) is 44.7 Å². The standard InChI is InChI=1S/C20H22F3N5O2S/c1-3-24-19-25-9(2)14(18-27-11-6-4-5-7-13(11)31-18)17(28-19)26-12-8-10(20(21,22)23)15(29)16(12)30/h4-7,10,12,15-16,29-30H,3,8H2,1-2H3,(H2,24,25,26,28)/t10?,12-,15-,16+/m1/s1. The van der Waals surface area contributed by atoms with E-state index in [1.807, 2.05) is 31.2 Å². The number of aromatic nitrogens is 3. The monoisotopic (exact) mass is 453 g/mol. The summed E-state index contributed by atoms with van der Waals surface area (Å²) in [4.78, 5) is 13.5. The van der Waals surface area contributed by atoms with Gasteiger partial charge in [0.25, 0.3) is 0 Å². The molecule has 1 saturated carbocycles. The zero-order valence-corrected chi connectivity index (χ0v) is 17.6. The molecule has 7 nitrogen and oxygen atoms in total. The quantitative estimate of drug-likeness (QED) is 0.468. The number of alkyl halides is 3. The van der Waals surface area contributed by atoms with E-state index in [-0.39, 0.29) is 5.82 Å². The summed E-state index contributed by atoms with van der Waals surface area (Å²) in [6, 6.07) is 6.54. The van der Waals surface area contributed by atoms with Gasteiger partial charge in [-0.1, -0.05) is 12.1 Å². The molecule has 0 aliphatic heterocycles. The van der Waals surface area contributed by atoms with E-state index in [9.17, 15) is 23.4 Å². The number of anilines is 2. The number of hydrogen-bond acceptors (Lipinski definition) is 8. The van der Waals surface area contributed by atoms with Gasteiger partial charge in [0, 0.05) is 6.54 Å². The molecule has 1 unspecified atom stereocenters. The lowest BCUT2D eigenvalue weighted by Gasteiger charge is -2.21. The van der Waals surface area contributed by atoms with Crippen molar-refractivity contribution in [1.29, 1.82) is 0 Å². The van der Waals surface area contributed by atoms with E-state index in [0.717, 1.165) is 10.2 Å². The van der Waals surface area contributed by atoms with Crippen molar-refractivity contribution in [3.8, 4) is 10.6 Å². The van der Waals surface area contributed by atoms with E-state index in [1.165, 1.54) is 11.3 Å². The Morgan fingerprint density at radius 1 is 1.13 bits per heavy atom. The zero-order chi connectivity index (χ0) is 22.3. The van der Waals surface area contributed by atoms with Crippen LogP contribution in [-0.2, 0) is 0 Å². The van der Waals surface area contributed by atoms with E-state index < -0.39 is 36.8 Å². The van der Waals surface area contributed by atoms with Gasteiger partial charge >= 0.3 is 6.18 Å². The molecule has 166 valence electrons. The third-order valence-electron chi connectivity index (χ3n) is 5.36. The minimum Gasteiger partial charge on any atom is -0.390 e. The molecule has 31 heavy (non-hydrogen) atoms. The van der Waals surface area contributed by atoms with Crippen LogP contribution in [0.15, 0.2) is 24.3 Å². The summed E-state index contributed by atoms with van der Waals surface area (Å²) in [5.41, 5.74) is 1.94. The smallest absolute Gasteiger partial charge is 0.390 e. The number of nitrogens with zero attached hydrogens (tertiary/aromatic N) is 3. The second-order valence-corrected chi connectivity index (χ2v) is 8.52. The molecule has 3 aromatic rings. The summed E-state index contributed by atoms with van der Waals surface area (Å²) < 4.78 is 40.7. The van der Waals surface area contributed by atoms with Gasteiger partial charge in [-0.3, -0.25) is 0 Å². The topological polar surface area (TPSA) is 103 Å². The Kier molecular flexibility index (Phi) is 5.75. The second kappa shape index (κ2) is 8.21. The number of rotatable bonds is 5. The Hall–Kier alpha value is -2.50. The molecule has 0 bridgehead atoms. The minimum atomic E-state index is -4.61. The van der Waals surface area contributed by atoms with Gasteiger partial charge in [-0.15, -0.1) is 11.3 Å². The number of aryl methyl sites for hydroxylation is 1. The number of benzene rings is 1. The Bertz CT molecular complexity index is 1060. The van der Waals surface area contributed by atoms with E-state index in [4.69, 9.17) is 0 Å². The maximum Gasteiger partial charge on any atom is 0.394 e. The van der Waals surface area contributed by atoms with Crippen LogP contribution in [0.3, 0.4) is 0 Å². The number of aliphatic hydroxyl groups is 2. The molecule has 0 saturated heterocycles. The number of nitrogens with one attached hydrogen (secondary N) is 2. The molecule has 1 aliphatic rings. The number of fused-ring (bicyclic) bond motifs is 1. The molecular weight excluding hydrogens is 431 g/mol. The van der Waals surface area contributed by atoms with Crippen molar-refractivity contribution < 1.29 is 23.4 Å². The summed E-state index contributed by atoms with van der Waals surface area (Å²) in [6.45, 7) is 4.20. The van der Waals surface area contributed by atoms with Gasteiger partial charge in [0.2, 0.25) is 5.95 Å². The van der Waals surface area contributed by atoms with Crippen molar-refractivity contribution in [3.63, 3.8) is 0 Å². The molecular formula is C20H22F3N5O2S. The first-order valence-electron chi connectivity index (χ1n) is 9.87. The predicted molar refractivity (Wildman–Crippen MR) is 113 cm³/mol. The fourth-order valence-electron chi connectivity index (χ4n) is 3.83. The number of aliphatic hydroxyl groups excluding tert-OH is 2. The van der Waals surface area contributed by atoms with Crippen LogP contribution < -0.4 is 10.6 Å². The van der Waals surface area contributed by atoms with Gasteiger partial charge in [0.05, 0.1) is 39.5 Å². The average molecular weight is 453 g/mol. The van der Waals surface area contributed by atoms with Gasteiger partial charge in [0.15, 0.2) is 0 Å². The summed E-state index contributed by atoms with van der Waals surface area (Å²) in [5.74, 6) is -1.43. The molecule has 0 spiro atoms. The van der Waals surface area contributed by atoms with Crippen molar-refractivity contribution >= 4 is 33.3 Å². The third-order valence-corrected chi connectivity index (χ3v) is 6.41. The highest BCUT2D eigenvalue weighted by Crippen LogP contribution is 2.42. The van der Waals surface area contributed by atoms with Crippen LogP contribution in [0.4, 0.5) is 24.9 Å². The highest BCUT2D eigenvalue weighted by Gasteiger charge is 2.54. The van der Waals surface area contributed by atoms with Crippen molar-refractivity contribution in [1.82, 2.24) is 15.0 Å². The molecule has 4 atom stereocenters. The van der Waals surface area contributed by atoms with Crippen LogP contribution in [0.1, 0.15) is 19.0 Å². The van der Waals surface area contributed by atoms with Crippen LogP contribution in [-0.4, -0.2) is 56.1 Å². The lowest BCUT2D eigenvalue weighted by Crippen LogP contribution is -2.37. The van der Waals surface area contributed by atoms with Crippen LogP contribution in [0, 0.1) is 12.8 Å². The summed E-state index contributed by atoms with van der Waals surface area (Å²) in [6.07, 6.45) is -8.57. The lowest BCUT2D eigenvalue weighted by molar-refractivity contribution is -0.198. The molecule has 4 rings (SSSR count). The lowest BCUT2D eigenvalue weighted by atomic mass is 10.1. The molecule has 0 amide bonds. The van der Waals surface area contributed by atoms with Crippen molar-refractivity contribution in [3.05, 3.63) is 30.0 Å². The molecule has 2 aromatic heterocycles. The second-order valence-electron chi connectivity index (χ2n) is 7.49. The largest absolute Gasteiger partial charge is 0.394 e. The van der Waals surface area contributed by atoms with Gasteiger partial charge < -0.3 is 20.8 Å². The number of para-hydroxylation sites is 1. The number of halogens is 3. The molecule has 2 heterocycles. The average Bonchev–Trinajstić information content (AvgIpc) is 3.24. The first-order valence-corrected chi connectivity index (χ1v) is 10.7. The summed E-state index contributed by atoms with van der Waals surface area (Å²) in [7, 11) is 0. The van der Waals surface area contributed by atoms with E-state index in [0.29, 0.717) is 28.8 Å². The summed E-state index contributed by atoms with van der Waals surface area (Å²) in [5, 5.41) is 26.8. The van der Waals surface area contributed by atoms with Gasteiger partial charge in [-0.25, -0.2) is 9.97 Å². The highest BCUT2D eigenvalue weighted by atomic mass is 32.1. The fraction of sp³-hybridized carbons (Fsp3) is 0.450. The summed E-state index contributed by atoms with van der Waals surface area (Å²) >= 11 is 1.42. The van der Waals surface area contributed by atoms with Gasteiger partial charge in [0.1, 0.15) is 16.9 Å². The number of thiazole rings is 1. The van der Waals surface area contributed by atoms with Crippen LogP contribution in [0.5, 0.6) is 0 Å². The molecule has 1 aliphatic carbocycles. The Morgan fingerprint density at radius 3 is 2.52 bits per heavy atom. The van der Waals surface area contributed by atoms with E-state index >= 15 is 0 Å². The minimum absolute atomic E-state index is 0.265. The molecule has 1 fully saturated rings. The first kappa shape index (κ1) is 21.7. The normalized spacial score (nSPS) is 24.0. The Labute approximate surface area is 180 Å². The molecule has 0 radical (unpaired) electrons. The van der Waals surface area contributed by atoms with Crippen LogP contribution in [0.25, 0.3) is 20.8 Å². The maximum atomic E-state index is 13.2.